The van der Waals surface area contributed by atoms with E-state index in [2.05, 4.69) is 0 Å². The molecule has 0 amide bonds. The Balaban J connectivity index is 0. The Kier molecular flexibility index (Phi) is 12.1. The zero-order chi connectivity index (χ0) is 13.0. The van der Waals surface area contributed by atoms with Crippen molar-refractivity contribution in [3.63, 3.8) is 0 Å². The van der Waals surface area contributed by atoms with Crippen LogP contribution in [0.15, 0.2) is 0 Å². The van der Waals surface area contributed by atoms with Gasteiger partial charge in [-0.3, -0.25) is 0 Å². The number of hydrogen-bond acceptors (Lipinski definition) is 2. The van der Waals surface area contributed by atoms with Gasteiger partial charge in [0, 0.05) is 0 Å². The van der Waals surface area contributed by atoms with Gasteiger partial charge in [-0.1, -0.05) is 0 Å². The number of hydrogen-bond donors (Lipinski definition) is 0. The van der Waals surface area contributed by atoms with Crippen molar-refractivity contribution < 1.29 is 9.63 Å². The van der Waals surface area contributed by atoms with Gasteiger partial charge in [0.1, 0.15) is 0 Å². The summed E-state index contributed by atoms with van der Waals surface area (Å²) in [5, 5.41) is 3.52. The fraction of sp³-hybridized carbons (Fsp3) is 1.00. The molecule has 0 aromatic carbocycles. The fourth-order valence-electron chi connectivity index (χ4n) is 1.05. The Hall–Kier alpha value is 1.89. The van der Waals surface area contributed by atoms with E-state index in [1.165, 1.54) is 0 Å². The van der Waals surface area contributed by atoms with Gasteiger partial charge in [-0.25, -0.2) is 10.1 Å². The summed E-state index contributed by atoms with van der Waals surface area (Å²) in [7, 11) is 0. The van der Waals surface area contributed by atoms with Crippen molar-refractivity contribution in [3.05, 3.63) is 10.1 Å². The average Bonchev–Trinajstić information content (AvgIpc) is 2.20. The van der Waals surface area contributed by atoms with E-state index in [9.17, 15) is 4.48 Å². The molecule has 0 saturated heterocycles. The zero-order valence-electron chi connectivity index (χ0n) is 7.82. The molecule has 11 heteroatoms. The number of halogens is 7. The van der Waals surface area contributed by atoms with Crippen LogP contribution in [-0.4, -0.2) is 61.8 Å². The maximum absolute atomic E-state index is 9.72. The van der Waals surface area contributed by atoms with Gasteiger partial charge < -0.3 is 0 Å². The standard InChI is InChI=1S/C6H6Cl6.FNO2.Sb/c7-1-2(8)4(10)6(12)5(11)3(1)9;1-2(3)4;/h1-6H;;/q;;+3. The topological polar surface area (TPSA) is 43.1 Å². The minimum absolute atomic E-state index is 0. The van der Waals surface area contributed by atoms with Gasteiger partial charge in [0.15, 0.2) is 4.48 Å². The molecule has 0 spiro atoms. The molecule has 3 nitrogen and oxygen atoms in total. The minimum Gasteiger partial charge on any atom is -0.219 e. The molecule has 98 valence electrons. The quantitative estimate of drug-likeness (QED) is 0.176. The van der Waals surface area contributed by atoms with Crippen LogP contribution in [0.2, 0.25) is 0 Å². The average molecular weight is 478 g/mol. The molecule has 0 aromatic rings. The van der Waals surface area contributed by atoms with Crippen LogP contribution in [0, 0.1) is 10.1 Å². The third-order valence-corrected chi connectivity index (χ3v) is 5.86. The van der Waals surface area contributed by atoms with E-state index in [0.29, 0.717) is 0 Å². The maximum atomic E-state index is 9.72. The zero-order valence-corrected chi connectivity index (χ0v) is 14.9. The number of rotatable bonds is 0. The van der Waals surface area contributed by atoms with Gasteiger partial charge in [-0.05, 0) is 0 Å². The molecular weight excluding hydrogens is 472 g/mol. The molecule has 1 saturated carbocycles. The first-order valence-corrected chi connectivity index (χ1v) is 6.46. The van der Waals surface area contributed by atoms with Crippen LogP contribution in [0.3, 0.4) is 0 Å². The third-order valence-electron chi connectivity index (χ3n) is 1.83. The summed E-state index contributed by atoms with van der Waals surface area (Å²) in [5.41, 5.74) is 0. The Labute approximate surface area is 145 Å². The normalized spacial score (nSPS) is 40.6. The second-order valence-corrected chi connectivity index (χ2v) is 5.90. The van der Waals surface area contributed by atoms with Crippen molar-refractivity contribution in [3.8, 4) is 0 Å². The number of nitrogens with zero attached hydrogens (tertiary/aromatic N) is 1. The number of alkyl halides is 6. The summed E-state index contributed by atoms with van der Waals surface area (Å²) in [4.78, 5) is 8.14. The second-order valence-electron chi connectivity index (χ2n) is 2.88. The van der Waals surface area contributed by atoms with Crippen LogP contribution in [0.25, 0.3) is 0 Å². The Morgan fingerprint density at radius 3 is 0.882 bits per heavy atom. The fourth-order valence-corrected chi connectivity index (χ4v) is 3.38. The van der Waals surface area contributed by atoms with Crippen molar-refractivity contribution >= 4 is 94.0 Å². The van der Waals surface area contributed by atoms with E-state index in [1.54, 1.807) is 0 Å². The summed E-state index contributed by atoms with van der Waals surface area (Å²) in [6.07, 6.45) is 0. The summed E-state index contributed by atoms with van der Waals surface area (Å²) in [6, 6.07) is 0. The summed E-state index contributed by atoms with van der Waals surface area (Å²) < 4.78 is 9.72. The molecule has 17 heavy (non-hydrogen) atoms. The van der Waals surface area contributed by atoms with Crippen molar-refractivity contribution in [1.29, 1.82) is 0 Å². The van der Waals surface area contributed by atoms with E-state index in [-0.39, 0.29) is 24.4 Å². The van der Waals surface area contributed by atoms with Gasteiger partial charge >= 0.3 is 24.4 Å². The van der Waals surface area contributed by atoms with Crippen molar-refractivity contribution in [2.75, 3.05) is 0 Å². The molecule has 2 radical (unpaired) electrons. The molecule has 0 bridgehead atoms. The smallest absolute Gasteiger partial charge is 0.219 e. The number of nitro groups is 1. The largest absolute Gasteiger partial charge is 3.00 e. The molecule has 0 unspecified atom stereocenters. The Morgan fingerprint density at radius 2 is 0.824 bits per heavy atom. The molecule has 1 aliphatic rings. The Morgan fingerprint density at radius 1 is 0.765 bits per heavy atom. The molecule has 0 aliphatic heterocycles. The molecule has 1 rings (SSSR count). The van der Waals surface area contributed by atoms with Gasteiger partial charge in [0.05, 0.1) is 32.3 Å². The van der Waals surface area contributed by atoms with Crippen LogP contribution in [-0.2, 0) is 0 Å². The van der Waals surface area contributed by atoms with E-state index < -0.39 is 37.4 Å². The first-order chi connectivity index (χ1) is 7.20. The first-order valence-electron chi connectivity index (χ1n) is 3.84. The molecule has 0 N–H and O–H groups in total. The van der Waals surface area contributed by atoms with Crippen molar-refractivity contribution in [2.45, 2.75) is 32.3 Å². The van der Waals surface area contributed by atoms with E-state index in [1.807, 2.05) is 0 Å². The molecule has 0 aromatic heterocycles. The summed E-state index contributed by atoms with van der Waals surface area (Å²) >= 11 is 35.3. The minimum atomic E-state index is -2.00. The summed E-state index contributed by atoms with van der Waals surface area (Å²) in [6.45, 7) is 0. The van der Waals surface area contributed by atoms with Crippen LogP contribution < -0.4 is 0 Å². The maximum Gasteiger partial charge on any atom is 3.00 e. The first kappa shape index (κ1) is 21.2. The SMILES string of the molecule is ClC1C(Cl)C(Cl)C(Cl)C(Cl)C1Cl.O=[N+]([O-])F.[Sb+3]. The summed E-state index contributed by atoms with van der Waals surface area (Å²) in [5.74, 6) is 0. The van der Waals surface area contributed by atoms with Crippen LogP contribution in [0.5, 0.6) is 0 Å². The Bertz CT molecular complexity index is 190. The second kappa shape index (κ2) is 9.74. The molecule has 1 fully saturated rings. The molecule has 0 heterocycles. The molecule has 0 atom stereocenters. The predicted octanol–water partition coefficient (Wildman–Crippen LogP) is 3.41. The van der Waals surface area contributed by atoms with Crippen LogP contribution >= 0.6 is 69.6 Å². The van der Waals surface area contributed by atoms with Crippen molar-refractivity contribution in [2.24, 2.45) is 0 Å². The van der Waals surface area contributed by atoms with Gasteiger partial charge in [-0.15, -0.1) is 69.6 Å². The van der Waals surface area contributed by atoms with Gasteiger partial charge in [0.25, 0.3) is 5.15 Å². The van der Waals surface area contributed by atoms with E-state index in [0.717, 1.165) is 0 Å². The van der Waals surface area contributed by atoms with Gasteiger partial charge in [0.2, 0.25) is 0 Å². The predicted molar refractivity (Wildman–Crippen MR) is 71.7 cm³/mol. The van der Waals surface area contributed by atoms with Crippen LogP contribution in [0.1, 0.15) is 0 Å². The monoisotopic (exact) mass is 474 g/mol. The van der Waals surface area contributed by atoms with E-state index >= 15 is 0 Å². The molecule has 1 aliphatic carbocycles. The van der Waals surface area contributed by atoms with Crippen LogP contribution in [0.4, 0.5) is 4.48 Å². The van der Waals surface area contributed by atoms with Crippen molar-refractivity contribution in [1.82, 2.24) is 0 Å². The van der Waals surface area contributed by atoms with E-state index in [4.69, 9.17) is 79.7 Å². The van der Waals surface area contributed by atoms with Gasteiger partial charge in [-0.2, -0.15) is 0 Å². The molecular formula is C6H6Cl6FNO2Sb+3. The third kappa shape index (κ3) is 6.74.